The van der Waals surface area contributed by atoms with Gasteiger partial charge < -0.3 is 26.3 Å². The lowest BCUT2D eigenvalue weighted by molar-refractivity contribution is -0.155. The number of ketones is 2. The number of carbonyl (C=O) groups excluding carboxylic acids is 3. The molecule has 2 aliphatic carbocycles. The van der Waals surface area contributed by atoms with E-state index in [1.54, 1.807) is 43.6 Å². The molecule has 1 saturated carbocycles. The number of pyridine rings is 1. The number of nitrogen functional groups attached to an aromatic ring is 1. The summed E-state index contributed by atoms with van der Waals surface area (Å²) in [7, 11) is 1.59. The minimum Gasteiger partial charge on any atom is -0.460 e. The van der Waals surface area contributed by atoms with Crippen molar-refractivity contribution in [2.24, 2.45) is 10.7 Å². The number of guanidine groups is 1. The van der Waals surface area contributed by atoms with Crippen LogP contribution >= 0.6 is 0 Å². The van der Waals surface area contributed by atoms with Crippen molar-refractivity contribution in [3.63, 3.8) is 0 Å². The van der Waals surface area contributed by atoms with Crippen LogP contribution in [0.4, 0.5) is 5.82 Å². The van der Waals surface area contributed by atoms with E-state index in [9.17, 15) is 14.4 Å². The molecule has 40 heavy (non-hydrogen) atoms. The molecule has 2 aromatic rings. The summed E-state index contributed by atoms with van der Waals surface area (Å²) in [6, 6.07) is 9.84. The fraction of sp³-hybridized carbons (Fsp3) is 0.433. The van der Waals surface area contributed by atoms with Gasteiger partial charge in [-0.15, -0.1) is 0 Å². The summed E-state index contributed by atoms with van der Waals surface area (Å²) in [5.74, 6) is -1.04. The smallest absolute Gasteiger partial charge is 0.350 e. The van der Waals surface area contributed by atoms with Gasteiger partial charge in [-0.3, -0.25) is 14.6 Å². The van der Waals surface area contributed by atoms with Crippen molar-refractivity contribution in [3.05, 3.63) is 70.9 Å². The molecular formula is C30H35N5O5. The number of aromatic nitrogens is 1. The van der Waals surface area contributed by atoms with Crippen LogP contribution in [0.15, 0.2) is 59.2 Å². The number of rotatable bonds is 8. The zero-order chi connectivity index (χ0) is 28.5. The third kappa shape index (κ3) is 4.77. The highest BCUT2D eigenvalue weighted by Gasteiger charge is 2.85. The number of carbonyl (C=O) groups is 3. The fourth-order valence-corrected chi connectivity index (χ4v) is 5.85. The molecule has 5 N–H and O–H groups in total. The van der Waals surface area contributed by atoms with E-state index < -0.39 is 23.0 Å². The number of esters is 1. The number of anilines is 1. The molecule has 2 heterocycles. The van der Waals surface area contributed by atoms with Crippen LogP contribution in [0.2, 0.25) is 0 Å². The van der Waals surface area contributed by atoms with Crippen molar-refractivity contribution >= 4 is 29.3 Å². The zero-order valence-electron chi connectivity index (χ0n) is 22.8. The van der Waals surface area contributed by atoms with Gasteiger partial charge in [-0.25, -0.2) is 9.78 Å². The first-order chi connectivity index (χ1) is 19.2. The Kier molecular flexibility index (Phi) is 7.46. The Morgan fingerprint density at radius 1 is 1.20 bits per heavy atom. The number of aliphatic imine (C=N–C) groups is 1. The highest BCUT2D eigenvalue weighted by atomic mass is 16.7. The van der Waals surface area contributed by atoms with Crippen LogP contribution in [0.5, 0.6) is 0 Å². The molecule has 1 aliphatic heterocycles. The van der Waals surface area contributed by atoms with Gasteiger partial charge >= 0.3 is 5.97 Å². The lowest BCUT2D eigenvalue weighted by atomic mass is 9.72. The molecule has 0 radical (unpaired) electrons. The van der Waals surface area contributed by atoms with Crippen LogP contribution < -0.4 is 16.8 Å². The average Bonchev–Trinajstić information content (AvgIpc) is 3.67. The van der Waals surface area contributed by atoms with Gasteiger partial charge in [0.1, 0.15) is 11.9 Å². The number of ether oxygens (including phenoxy) is 2. The Labute approximate surface area is 233 Å². The SMILES string of the molecule is CN=C(N)NC(CC(C)=CCC12OC1(C(=O)OC1CCCCC1)C(=O)c1ccccc1C2=O)c1ccnc(N)c1. The maximum atomic E-state index is 13.8. The predicted molar refractivity (Wildman–Crippen MR) is 150 cm³/mol. The largest absolute Gasteiger partial charge is 0.460 e. The second kappa shape index (κ2) is 10.8. The normalized spacial score (nSPS) is 25.6. The van der Waals surface area contributed by atoms with Gasteiger partial charge in [0.25, 0.3) is 5.60 Å². The first-order valence-electron chi connectivity index (χ1n) is 13.7. The molecule has 210 valence electrons. The number of Topliss-reactive ketones (excluding diaryl/α,β-unsaturated/α-hetero) is 2. The van der Waals surface area contributed by atoms with E-state index in [2.05, 4.69) is 15.3 Å². The minimum atomic E-state index is -1.97. The predicted octanol–water partition coefficient (Wildman–Crippen LogP) is 3.43. The van der Waals surface area contributed by atoms with E-state index in [4.69, 9.17) is 20.9 Å². The van der Waals surface area contributed by atoms with Crippen molar-refractivity contribution in [1.82, 2.24) is 10.3 Å². The van der Waals surface area contributed by atoms with Crippen LogP contribution in [0.1, 0.15) is 84.2 Å². The van der Waals surface area contributed by atoms with Gasteiger partial charge in [0.15, 0.2) is 17.3 Å². The Morgan fingerprint density at radius 2 is 1.90 bits per heavy atom. The first-order valence-corrected chi connectivity index (χ1v) is 13.7. The van der Waals surface area contributed by atoms with Crippen molar-refractivity contribution in [2.45, 2.75) is 75.2 Å². The van der Waals surface area contributed by atoms with E-state index in [-0.39, 0.29) is 41.4 Å². The number of fused-ring (bicyclic) bond motifs is 2. The second-order valence-corrected chi connectivity index (χ2v) is 10.8. The molecule has 3 atom stereocenters. The van der Waals surface area contributed by atoms with Crippen molar-refractivity contribution in [3.8, 4) is 0 Å². The fourth-order valence-electron chi connectivity index (χ4n) is 5.85. The minimum absolute atomic E-state index is 0.0417. The third-order valence-corrected chi connectivity index (χ3v) is 8.11. The molecule has 3 unspecified atom stereocenters. The Morgan fingerprint density at radius 3 is 2.58 bits per heavy atom. The number of nitrogens with one attached hydrogen (secondary N) is 1. The standard InChI is InChI=1S/C30H35N5O5/c1-18(16-23(35-28(32)33-2)19-13-15-34-24(31)17-19)12-14-29-25(36)21-10-6-7-11-22(21)26(37)30(29,40-29)27(38)39-20-8-4-3-5-9-20/h6-7,10-13,15,17,20,23H,3-5,8-9,14,16H2,1-2H3,(H2,31,34)(H3,32,33,35). The molecule has 1 aromatic carbocycles. The molecule has 10 heteroatoms. The van der Waals surface area contributed by atoms with Gasteiger partial charge in [-0.05, 0) is 56.7 Å². The van der Waals surface area contributed by atoms with Crippen molar-refractivity contribution in [1.29, 1.82) is 0 Å². The van der Waals surface area contributed by atoms with E-state index in [1.165, 1.54) is 0 Å². The topological polar surface area (TPSA) is 162 Å². The average molecular weight is 546 g/mol. The summed E-state index contributed by atoms with van der Waals surface area (Å²) in [5, 5.41) is 3.18. The van der Waals surface area contributed by atoms with Gasteiger partial charge in [0, 0.05) is 30.8 Å². The van der Waals surface area contributed by atoms with Gasteiger partial charge in [-0.1, -0.05) is 42.3 Å². The number of nitrogens with zero attached hydrogens (tertiary/aromatic N) is 2. The lowest BCUT2D eigenvalue weighted by Crippen LogP contribution is -2.51. The van der Waals surface area contributed by atoms with Gasteiger partial charge in [-0.2, -0.15) is 0 Å². The first kappa shape index (κ1) is 27.5. The molecular weight excluding hydrogens is 510 g/mol. The summed E-state index contributed by atoms with van der Waals surface area (Å²) in [6.45, 7) is 1.91. The molecule has 5 rings (SSSR count). The maximum absolute atomic E-state index is 13.8. The van der Waals surface area contributed by atoms with E-state index in [0.29, 0.717) is 12.2 Å². The zero-order valence-corrected chi connectivity index (χ0v) is 22.8. The molecule has 3 aliphatic rings. The quantitative estimate of drug-likeness (QED) is 0.113. The number of epoxide rings is 1. The summed E-state index contributed by atoms with van der Waals surface area (Å²) >= 11 is 0. The Balaban J connectivity index is 1.43. The van der Waals surface area contributed by atoms with Crippen LogP contribution in [-0.2, 0) is 14.3 Å². The molecule has 10 nitrogen and oxygen atoms in total. The number of hydrogen-bond acceptors (Lipinski definition) is 8. The highest BCUT2D eigenvalue weighted by molar-refractivity contribution is 6.32. The summed E-state index contributed by atoms with van der Waals surface area (Å²) in [4.78, 5) is 49.2. The monoisotopic (exact) mass is 545 g/mol. The van der Waals surface area contributed by atoms with Gasteiger partial charge in [0.05, 0.1) is 6.04 Å². The number of benzene rings is 1. The third-order valence-electron chi connectivity index (χ3n) is 8.11. The molecule has 1 saturated heterocycles. The Bertz CT molecular complexity index is 1400. The molecule has 0 spiro atoms. The van der Waals surface area contributed by atoms with E-state index in [1.807, 2.05) is 19.1 Å². The summed E-state index contributed by atoms with van der Waals surface area (Å²) in [6.07, 6.45) is 8.19. The Hall–Kier alpha value is -4.05. The van der Waals surface area contributed by atoms with E-state index in [0.717, 1.165) is 43.2 Å². The molecule has 1 aromatic heterocycles. The van der Waals surface area contributed by atoms with Crippen LogP contribution in [0.25, 0.3) is 0 Å². The number of nitrogens with two attached hydrogens (primary N) is 2. The van der Waals surface area contributed by atoms with Crippen molar-refractivity contribution in [2.75, 3.05) is 12.8 Å². The molecule has 0 bridgehead atoms. The highest BCUT2D eigenvalue weighted by Crippen LogP contribution is 2.58. The summed E-state index contributed by atoms with van der Waals surface area (Å²) in [5.41, 5.74) is 10.5. The van der Waals surface area contributed by atoms with Crippen LogP contribution in [0, 0.1) is 0 Å². The molecule has 0 amide bonds. The number of hydrogen-bond donors (Lipinski definition) is 3. The lowest BCUT2D eigenvalue weighted by Gasteiger charge is -2.27. The summed E-state index contributed by atoms with van der Waals surface area (Å²) < 4.78 is 11.8. The molecule has 2 fully saturated rings. The van der Waals surface area contributed by atoms with E-state index >= 15 is 0 Å². The second-order valence-electron chi connectivity index (χ2n) is 10.8. The van der Waals surface area contributed by atoms with Crippen LogP contribution in [-0.4, -0.2) is 52.8 Å². The van der Waals surface area contributed by atoms with Gasteiger partial charge in [0.2, 0.25) is 5.78 Å². The maximum Gasteiger partial charge on any atom is 0.350 e. The van der Waals surface area contributed by atoms with Crippen LogP contribution in [0.3, 0.4) is 0 Å². The van der Waals surface area contributed by atoms with Crippen molar-refractivity contribution < 1.29 is 23.9 Å².